The molecule has 0 unspecified atom stereocenters. The van der Waals surface area contributed by atoms with Gasteiger partial charge in [-0.15, -0.1) is 0 Å². The molecule has 0 bridgehead atoms. The van der Waals surface area contributed by atoms with Crippen LogP contribution in [0.5, 0.6) is 5.75 Å². The second-order valence-electron chi connectivity index (χ2n) is 3.77. The lowest BCUT2D eigenvalue weighted by Gasteiger charge is -2.08. The molecule has 0 heterocycles. The third-order valence-electron chi connectivity index (χ3n) is 2.32. The molecule has 0 aromatic heterocycles. The third-order valence-corrected chi connectivity index (χ3v) is 3.65. The van der Waals surface area contributed by atoms with E-state index in [9.17, 15) is 13.2 Å². The van der Waals surface area contributed by atoms with Crippen molar-refractivity contribution in [1.29, 1.82) is 0 Å². The van der Waals surface area contributed by atoms with Gasteiger partial charge in [0.1, 0.15) is 5.75 Å². The number of sulfonamides is 1. The van der Waals surface area contributed by atoms with Crippen LogP contribution in [0.4, 0.5) is 4.79 Å². The first-order chi connectivity index (χ1) is 8.99. The maximum Gasteiger partial charge on any atom is 0.421 e. The predicted molar refractivity (Wildman–Crippen MR) is 69.6 cm³/mol. The van der Waals surface area contributed by atoms with Crippen LogP contribution in [-0.4, -0.2) is 28.2 Å². The first-order valence-corrected chi connectivity index (χ1v) is 7.31. The number of carbonyl (C=O) groups is 1. The second-order valence-corrected chi connectivity index (χ2v) is 5.45. The Labute approximate surface area is 112 Å². The number of methoxy groups -OCH3 is 1. The van der Waals surface area contributed by atoms with Gasteiger partial charge in [0.05, 0.1) is 18.6 Å². The van der Waals surface area contributed by atoms with E-state index in [1.54, 1.807) is 0 Å². The molecule has 0 aliphatic heterocycles. The van der Waals surface area contributed by atoms with Crippen molar-refractivity contribution >= 4 is 16.1 Å². The highest BCUT2D eigenvalue weighted by Gasteiger charge is 2.18. The molecule has 1 aromatic carbocycles. The second kappa shape index (κ2) is 6.98. The minimum atomic E-state index is -3.90. The smallest absolute Gasteiger partial charge is 0.421 e. The van der Waals surface area contributed by atoms with Crippen molar-refractivity contribution in [3.63, 3.8) is 0 Å². The topological polar surface area (TPSA) is 81.7 Å². The van der Waals surface area contributed by atoms with Gasteiger partial charge in [0.2, 0.25) is 0 Å². The quantitative estimate of drug-likeness (QED) is 0.808. The molecular formula is C12H17NO5S. The van der Waals surface area contributed by atoms with Crippen LogP contribution in [0.2, 0.25) is 0 Å². The molecule has 1 rings (SSSR count). The zero-order chi connectivity index (χ0) is 14.3. The van der Waals surface area contributed by atoms with Gasteiger partial charge in [0.25, 0.3) is 10.0 Å². The fourth-order valence-corrected chi connectivity index (χ4v) is 2.15. The number of benzene rings is 1. The Bertz CT molecular complexity index is 509. The first kappa shape index (κ1) is 15.3. The van der Waals surface area contributed by atoms with Gasteiger partial charge in [-0.3, -0.25) is 0 Å². The van der Waals surface area contributed by atoms with Crippen LogP contribution in [0.3, 0.4) is 0 Å². The van der Waals surface area contributed by atoms with E-state index in [1.165, 1.54) is 31.4 Å². The summed E-state index contributed by atoms with van der Waals surface area (Å²) >= 11 is 0. The Morgan fingerprint density at radius 1 is 1.26 bits per heavy atom. The van der Waals surface area contributed by atoms with E-state index < -0.39 is 16.1 Å². The molecule has 1 amide bonds. The van der Waals surface area contributed by atoms with Crippen LogP contribution in [0.25, 0.3) is 0 Å². The van der Waals surface area contributed by atoms with Crippen molar-refractivity contribution in [2.75, 3.05) is 13.7 Å². The van der Waals surface area contributed by atoms with Crippen LogP contribution in [0.1, 0.15) is 19.8 Å². The number of carbonyl (C=O) groups excluding carboxylic acids is 1. The predicted octanol–water partition coefficient (Wildman–Crippen LogP) is 1.91. The molecule has 19 heavy (non-hydrogen) atoms. The van der Waals surface area contributed by atoms with Gasteiger partial charge in [-0.05, 0) is 30.7 Å². The molecule has 0 saturated heterocycles. The molecule has 0 aliphatic rings. The van der Waals surface area contributed by atoms with Gasteiger partial charge in [-0.25, -0.2) is 17.9 Å². The highest BCUT2D eigenvalue weighted by atomic mass is 32.2. The van der Waals surface area contributed by atoms with Gasteiger partial charge in [-0.2, -0.15) is 0 Å². The number of hydrogen-bond donors (Lipinski definition) is 1. The molecule has 106 valence electrons. The number of hydrogen-bond acceptors (Lipinski definition) is 5. The van der Waals surface area contributed by atoms with Crippen LogP contribution < -0.4 is 9.46 Å². The number of ether oxygens (including phenoxy) is 2. The van der Waals surface area contributed by atoms with Crippen molar-refractivity contribution in [3.05, 3.63) is 24.3 Å². The van der Waals surface area contributed by atoms with Crippen molar-refractivity contribution in [1.82, 2.24) is 4.72 Å². The van der Waals surface area contributed by atoms with E-state index in [0.717, 1.165) is 6.42 Å². The summed E-state index contributed by atoms with van der Waals surface area (Å²) in [6, 6.07) is 5.69. The van der Waals surface area contributed by atoms with Gasteiger partial charge < -0.3 is 9.47 Å². The molecule has 1 aromatic rings. The Balaban J connectivity index is 2.66. The summed E-state index contributed by atoms with van der Waals surface area (Å²) in [5.41, 5.74) is 0. The lowest BCUT2D eigenvalue weighted by molar-refractivity contribution is 0.151. The lowest BCUT2D eigenvalue weighted by Crippen LogP contribution is -2.31. The Hall–Kier alpha value is -1.76. The Kier molecular flexibility index (Phi) is 5.62. The zero-order valence-corrected chi connectivity index (χ0v) is 11.7. The fourth-order valence-electron chi connectivity index (χ4n) is 1.26. The van der Waals surface area contributed by atoms with Crippen LogP contribution in [0.15, 0.2) is 29.2 Å². The van der Waals surface area contributed by atoms with Gasteiger partial charge in [-0.1, -0.05) is 13.3 Å². The van der Waals surface area contributed by atoms with Gasteiger partial charge in [0, 0.05) is 0 Å². The third kappa shape index (κ3) is 4.78. The summed E-state index contributed by atoms with van der Waals surface area (Å²) < 4.78 is 35.1. The molecule has 0 atom stereocenters. The zero-order valence-electron chi connectivity index (χ0n) is 10.9. The lowest BCUT2D eigenvalue weighted by atomic mass is 10.3. The van der Waals surface area contributed by atoms with Crippen molar-refractivity contribution < 1.29 is 22.7 Å². The molecule has 0 fully saturated rings. The summed E-state index contributed by atoms with van der Waals surface area (Å²) in [6.45, 7) is 2.13. The normalized spacial score (nSPS) is 10.8. The highest BCUT2D eigenvalue weighted by Crippen LogP contribution is 2.15. The minimum absolute atomic E-state index is 0.0271. The van der Waals surface area contributed by atoms with Gasteiger partial charge >= 0.3 is 6.09 Å². The summed E-state index contributed by atoms with van der Waals surface area (Å²) in [4.78, 5) is 11.3. The number of unbranched alkanes of at least 4 members (excludes halogenated alkanes) is 1. The molecule has 7 heteroatoms. The Morgan fingerprint density at radius 3 is 2.42 bits per heavy atom. The fraction of sp³-hybridized carbons (Fsp3) is 0.417. The number of amides is 1. The van der Waals surface area contributed by atoms with E-state index in [0.29, 0.717) is 12.2 Å². The summed E-state index contributed by atoms with van der Waals surface area (Å²) in [5, 5.41) is 0. The van der Waals surface area contributed by atoms with Gasteiger partial charge in [0.15, 0.2) is 0 Å². The standard InChI is InChI=1S/C12H17NO5S/c1-3-4-9-18-12(14)13-19(15,16)11-7-5-10(17-2)6-8-11/h5-8H,3-4,9H2,1-2H3,(H,13,14). The largest absolute Gasteiger partial charge is 0.497 e. The van der Waals surface area contributed by atoms with E-state index >= 15 is 0 Å². The summed E-state index contributed by atoms with van der Waals surface area (Å²) in [6.07, 6.45) is 0.582. The maximum atomic E-state index is 11.8. The minimum Gasteiger partial charge on any atom is -0.497 e. The molecule has 6 nitrogen and oxygen atoms in total. The van der Waals surface area contributed by atoms with E-state index in [4.69, 9.17) is 9.47 Å². The van der Waals surface area contributed by atoms with Crippen molar-refractivity contribution in [3.8, 4) is 5.75 Å². The summed E-state index contributed by atoms with van der Waals surface area (Å²) in [5.74, 6) is 0.532. The van der Waals surface area contributed by atoms with Crippen LogP contribution in [-0.2, 0) is 14.8 Å². The molecule has 0 aliphatic carbocycles. The van der Waals surface area contributed by atoms with Crippen molar-refractivity contribution in [2.45, 2.75) is 24.7 Å². The SMILES string of the molecule is CCCCOC(=O)NS(=O)(=O)c1ccc(OC)cc1. The average molecular weight is 287 g/mol. The maximum absolute atomic E-state index is 11.8. The van der Waals surface area contributed by atoms with E-state index in [1.807, 2.05) is 11.6 Å². The highest BCUT2D eigenvalue weighted by molar-refractivity contribution is 7.90. The molecule has 0 radical (unpaired) electrons. The first-order valence-electron chi connectivity index (χ1n) is 5.83. The molecule has 0 spiro atoms. The average Bonchev–Trinajstić information content (AvgIpc) is 2.38. The molecular weight excluding hydrogens is 270 g/mol. The number of rotatable bonds is 6. The molecule has 1 N–H and O–H groups in total. The Morgan fingerprint density at radius 2 is 1.89 bits per heavy atom. The van der Waals surface area contributed by atoms with Crippen LogP contribution >= 0.6 is 0 Å². The van der Waals surface area contributed by atoms with E-state index in [-0.39, 0.29) is 11.5 Å². The number of nitrogens with one attached hydrogen (secondary N) is 1. The van der Waals surface area contributed by atoms with E-state index in [2.05, 4.69) is 0 Å². The van der Waals surface area contributed by atoms with Crippen molar-refractivity contribution in [2.24, 2.45) is 0 Å². The monoisotopic (exact) mass is 287 g/mol. The van der Waals surface area contributed by atoms with Crippen LogP contribution in [0, 0.1) is 0 Å². The molecule has 0 saturated carbocycles. The summed E-state index contributed by atoms with van der Waals surface area (Å²) in [7, 11) is -2.42.